The SMILES string of the molecule is C/C(=N\NC(=O)c1ccc(O)cc1O)c1c(C)[nH]n(-c2ccc(C)c(C)c2)c1=O. The van der Waals surface area contributed by atoms with E-state index in [-0.39, 0.29) is 22.6 Å². The number of benzene rings is 2. The van der Waals surface area contributed by atoms with Crippen LogP contribution in [0.15, 0.2) is 46.3 Å². The average molecular weight is 394 g/mol. The number of aromatic nitrogens is 2. The van der Waals surface area contributed by atoms with E-state index in [0.29, 0.717) is 22.7 Å². The zero-order valence-electron chi connectivity index (χ0n) is 16.6. The molecule has 8 heteroatoms. The van der Waals surface area contributed by atoms with E-state index in [0.717, 1.165) is 17.2 Å². The fourth-order valence-electron chi connectivity index (χ4n) is 2.98. The van der Waals surface area contributed by atoms with Gasteiger partial charge in [-0.25, -0.2) is 10.1 Å². The maximum Gasteiger partial charge on any atom is 0.280 e. The Kier molecular flexibility index (Phi) is 5.27. The summed E-state index contributed by atoms with van der Waals surface area (Å²) in [7, 11) is 0. The van der Waals surface area contributed by atoms with E-state index in [1.54, 1.807) is 13.8 Å². The monoisotopic (exact) mass is 394 g/mol. The number of aryl methyl sites for hydroxylation is 3. The molecule has 0 aliphatic heterocycles. The zero-order valence-corrected chi connectivity index (χ0v) is 16.6. The molecule has 0 saturated heterocycles. The van der Waals surface area contributed by atoms with Crippen LogP contribution in [0.2, 0.25) is 0 Å². The first-order chi connectivity index (χ1) is 13.7. The lowest BCUT2D eigenvalue weighted by molar-refractivity contribution is 0.0952. The molecule has 0 unspecified atom stereocenters. The van der Waals surface area contributed by atoms with Gasteiger partial charge in [0.25, 0.3) is 11.5 Å². The summed E-state index contributed by atoms with van der Waals surface area (Å²) in [6, 6.07) is 9.33. The van der Waals surface area contributed by atoms with Gasteiger partial charge in [-0.3, -0.25) is 14.7 Å². The van der Waals surface area contributed by atoms with Crippen molar-refractivity contribution in [3.63, 3.8) is 0 Å². The molecule has 29 heavy (non-hydrogen) atoms. The first kappa shape index (κ1) is 19.9. The largest absolute Gasteiger partial charge is 0.508 e. The predicted octanol–water partition coefficient (Wildman–Crippen LogP) is 2.66. The topological polar surface area (TPSA) is 120 Å². The molecule has 0 aliphatic rings. The molecule has 1 aromatic heterocycles. The van der Waals surface area contributed by atoms with Crippen LogP contribution in [0.5, 0.6) is 11.5 Å². The van der Waals surface area contributed by atoms with Crippen LogP contribution in [0.4, 0.5) is 0 Å². The van der Waals surface area contributed by atoms with E-state index in [2.05, 4.69) is 15.6 Å². The number of hydrazone groups is 1. The highest BCUT2D eigenvalue weighted by Crippen LogP contribution is 2.22. The van der Waals surface area contributed by atoms with Gasteiger partial charge >= 0.3 is 0 Å². The molecule has 0 radical (unpaired) electrons. The van der Waals surface area contributed by atoms with E-state index < -0.39 is 5.91 Å². The van der Waals surface area contributed by atoms with Crippen molar-refractivity contribution < 1.29 is 15.0 Å². The Morgan fingerprint density at radius 3 is 2.45 bits per heavy atom. The summed E-state index contributed by atoms with van der Waals surface area (Å²) < 4.78 is 1.43. The highest BCUT2D eigenvalue weighted by Gasteiger charge is 2.17. The molecule has 4 N–H and O–H groups in total. The number of nitrogens with zero attached hydrogens (tertiary/aromatic N) is 2. The Balaban J connectivity index is 1.90. The van der Waals surface area contributed by atoms with E-state index >= 15 is 0 Å². The van der Waals surface area contributed by atoms with E-state index in [1.165, 1.54) is 16.8 Å². The summed E-state index contributed by atoms with van der Waals surface area (Å²) in [6.45, 7) is 7.33. The fraction of sp³-hybridized carbons (Fsp3) is 0.190. The molecule has 0 saturated carbocycles. The second-order valence-electron chi connectivity index (χ2n) is 6.86. The number of hydrogen-bond acceptors (Lipinski definition) is 5. The van der Waals surface area contributed by atoms with Gasteiger partial charge in [0.2, 0.25) is 0 Å². The Hall–Kier alpha value is -3.81. The summed E-state index contributed by atoms with van der Waals surface area (Å²) in [6.07, 6.45) is 0. The number of H-pyrrole nitrogens is 1. The van der Waals surface area contributed by atoms with Crippen molar-refractivity contribution in [3.05, 3.63) is 74.7 Å². The smallest absolute Gasteiger partial charge is 0.280 e. The van der Waals surface area contributed by atoms with Crippen molar-refractivity contribution >= 4 is 11.6 Å². The van der Waals surface area contributed by atoms with Gasteiger partial charge in [0, 0.05) is 11.8 Å². The predicted molar refractivity (Wildman–Crippen MR) is 110 cm³/mol. The first-order valence-electron chi connectivity index (χ1n) is 8.95. The van der Waals surface area contributed by atoms with Crippen molar-refractivity contribution in [2.24, 2.45) is 5.10 Å². The van der Waals surface area contributed by atoms with Crippen LogP contribution in [0.25, 0.3) is 5.69 Å². The minimum atomic E-state index is -0.662. The number of amides is 1. The molecule has 1 heterocycles. The van der Waals surface area contributed by atoms with Crippen LogP contribution in [0, 0.1) is 20.8 Å². The number of phenolic OH excluding ortho intramolecular Hbond substituents is 2. The number of carbonyl (C=O) groups is 1. The lowest BCUT2D eigenvalue weighted by atomic mass is 10.1. The first-order valence-corrected chi connectivity index (χ1v) is 8.95. The van der Waals surface area contributed by atoms with E-state index in [9.17, 15) is 19.8 Å². The van der Waals surface area contributed by atoms with Gasteiger partial charge in [-0.05, 0) is 63.1 Å². The van der Waals surface area contributed by atoms with Gasteiger partial charge in [-0.1, -0.05) is 6.07 Å². The molecule has 3 rings (SSSR count). The number of aromatic amines is 1. The number of phenols is 2. The Morgan fingerprint density at radius 2 is 1.79 bits per heavy atom. The number of carbonyl (C=O) groups excluding carboxylic acids is 1. The van der Waals surface area contributed by atoms with Crippen molar-refractivity contribution in [3.8, 4) is 17.2 Å². The van der Waals surface area contributed by atoms with Crippen LogP contribution in [-0.2, 0) is 0 Å². The number of aromatic hydroxyl groups is 2. The Labute approximate surface area is 167 Å². The second-order valence-corrected chi connectivity index (χ2v) is 6.86. The summed E-state index contributed by atoms with van der Waals surface area (Å²) in [5.41, 5.74) is 6.17. The van der Waals surface area contributed by atoms with Crippen LogP contribution >= 0.6 is 0 Å². The quantitative estimate of drug-likeness (QED) is 0.402. The maximum atomic E-state index is 12.9. The third kappa shape index (κ3) is 3.91. The second kappa shape index (κ2) is 7.67. The fourth-order valence-corrected chi connectivity index (χ4v) is 2.98. The molecule has 0 aliphatic carbocycles. The van der Waals surface area contributed by atoms with Crippen LogP contribution in [0.1, 0.15) is 39.7 Å². The summed E-state index contributed by atoms with van der Waals surface area (Å²) in [4.78, 5) is 25.1. The molecule has 3 aromatic rings. The Morgan fingerprint density at radius 1 is 1.07 bits per heavy atom. The molecule has 150 valence electrons. The summed E-state index contributed by atoms with van der Waals surface area (Å²) in [5.74, 6) is -1.19. The van der Waals surface area contributed by atoms with Crippen molar-refractivity contribution in [1.29, 1.82) is 0 Å². The molecule has 0 atom stereocenters. The van der Waals surface area contributed by atoms with E-state index in [4.69, 9.17) is 0 Å². The number of nitrogens with one attached hydrogen (secondary N) is 2. The summed E-state index contributed by atoms with van der Waals surface area (Å²) in [5, 5.41) is 26.1. The highest BCUT2D eigenvalue weighted by molar-refractivity contribution is 6.02. The molecular formula is C21H22N4O4. The average Bonchev–Trinajstić information content (AvgIpc) is 2.96. The molecular weight excluding hydrogens is 372 g/mol. The Bertz CT molecular complexity index is 1190. The third-order valence-corrected chi connectivity index (χ3v) is 4.73. The van der Waals surface area contributed by atoms with Gasteiger partial charge in [0.05, 0.1) is 22.5 Å². The minimum Gasteiger partial charge on any atom is -0.508 e. The molecule has 2 aromatic carbocycles. The molecule has 0 fully saturated rings. The molecule has 0 bridgehead atoms. The highest BCUT2D eigenvalue weighted by atomic mass is 16.3. The van der Waals surface area contributed by atoms with Crippen molar-refractivity contribution in [2.75, 3.05) is 0 Å². The standard InChI is InChI=1S/C21H22N4O4/c1-11-5-6-15(9-12(11)2)25-21(29)19(14(4)24-25)13(3)22-23-20(28)17-8-7-16(26)10-18(17)27/h5-10,24,26-27H,1-4H3,(H,23,28)/b22-13+. The van der Waals surface area contributed by atoms with Gasteiger partial charge < -0.3 is 10.2 Å². The number of rotatable bonds is 4. The maximum absolute atomic E-state index is 12.9. The molecule has 1 amide bonds. The minimum absolute atomic E-state index is 0.0438. The van der Waals surface area contributed by atoms with Gasteiger partial charge in [-0.15, -0.1) is 0 Å². The molecule has 8 nitrogen and oxygen atoms in total. The van der Waals surface area contributed by atoms with Crippen molar-refractivity contribution in [2.45, 2.75) is 27.7 Å². The van der Waals surface area contributed by atoms with Gasteiger partial charge in [-0.2, -0.15) is 5.10 Å². The zero-order chi connectivity index (χ0) is 21.3. The van der Waals surface area contributed by atoms with Crippen LogP contribution in [-0.4, -0.2) is 31.6 Å². The van der Waals surface area contributed by atoms with Crippen LogP contribution < -0.4 is 11.0 Å². The lowest BCUT2D eigenvalue weighted by Gasteiger charge is -2.05. The summed E-state index contributed by atoms with van der Waals surface area (Å²) >= 11 is 0. The molecule has 0 spiro atoms. The normalized spacial score (nSPS) is 11.5. The van der Waals surface area contributed by atoms with Crippen molar-refractivity contribution in [1.82, 2.24) is 15.2 Å². The van der Waals surface area contributed by atoms with Gasteiger partial charge in [0.1, 0.15) is 11.5 Å². The van der Waals surface area contributed by atoms with Gasteiger partial charge in [0.15, 0.2) is 0 Å². The van der Waals surface area contributed by atoms with Crippen LogP contribution in [0.3, 0.4) is 0 Å². The lowest BCUT2D eigenvalue weighted by Crippen LogP contribution is -2.23. The van der Waals surface area contributed by atoms with E-state index in [1.807, 2.05) is 32.0 Å². The number of hydrogen-bond donors (Lipinski definition) is 4. The third-order valence-electron chi connectivity index (χ3n) is 4.73.